The van der Waals surface area contributed by atoms with Gasteiger partial charge in [0.05, 0.1) is 24.3 Å². The quantitative estimate of drug-likeness (QED) is 0.356. The van der Waals surface area contributed by atoms with Crippen LogP contribution >= 0.6 is 22.9 Å². The molecule has 4 rings (SSSR count). The van der Waals surface area contributed by atoms with Crippen molar-refractivity contribution in [3.8, 4) is 5.75 Å². The van der Waals surface area contributed by atoms with Gasteiger partial charge in [-0.1, -0.05) is 35.1 Å². The highest BCUT2D eigenvalue weighted by atomic mass is 35.5. The number of halogens is 2. The van der Waals surface area contributed by atoms with Gasteiger partial charge < -0.3 is 9.84 Å². The van der Waals surface area contributed by atoms with Gasteiger partial charge in [0.1, 0.15) is 22.3 Å². The maximum absolute atomic E-state index is 14.0. The number of aliphatic hydroxyl groups is 1. The zero-order valence-corrected chi connectivity index (χ0v) is 17.9. The van der Waals surface area contributed by atoms with Crippen molar-refractivity contribution >= 4 is 45.5 Å². The second-order valence-corrected chi connectivity index (χ2v) is 8.27. The minimum atomic E-state index is -1.12. The average molecular weight is 460 g/mol. The summed E-state index contributed by atoms with van der Waals surface area (Å²) < 4.78 is 19.3. The highest BCUT2D eigenvalue weighted by Crippen LogP contribution is 2.44. The number of anilines is 1. The lowest BCUT2D eigenvalue weighted by atomic mass is 9.95. The number of aliphatic hydroxyl groups excluding tert-OH is 1. The number of amides is 1. The fourth-order valence-electron chi connectivity index (χ4n) is 3.42. The summed E-state index contributed by atoms with van der Waals surface area (Å²) in [5, 5.41) is 20.0. The summed E-state index contributed by atoms with van der Waals surface area (Å²) in [6.07, 6.45) is 0. The van der Waals surface area contributed by atoms with Crippen LogP contribution in [-0.2, 0) is 9.59 Å². The number of methoxy groups -OCH3 is 1. The number of rotatable bonds is 4. The largest absolute Gasteiger partial charge is 0.507 e. The maximum Gasteiger partial charge on any atom is 0.301 e. The van der Waals surface area contributed by atoms with Gasteiger partial charge >= 0.3 is 5.91 Å². The fourth-order valence-corrected chi connectivity index (χ4v) is 4.30. The Balaban J connectivity index is 1.99. The predicted molar refractivity (Wildman–Crippen MR) is 114 cm³/mol. The van der Waals surface area contributed by atoms with E-state index in [9.17, 15) is 19.1 Å². The Morgan fingerprint density at radius 2 is 2.00 bits per heavy atom. The van der Waals surface area contributed by atoms with E-state index in [-0.39, 0.29) is 27.6 Å². The third-order valence-corrected chi connectivity index (χ3v) is 5.82. The molecule has 0 unspecified atom stereocenters. The Kier molecular flexibility index (Phi) is 5.47. The molecule has 10 heteroatoms. The number of carbonyl (C=O) groups excluding carboxylic acids is 2. The number of nitrogens with zero attached hydrogens (tertiary/aromatic N) is 3. The van der Waals surface area contributed by atoms with Gasteiger partial charge in [0.2, 0.25) is 5.13 Å². The molecule has 0 saturated carbocycles. The second kappa shape index (κ2) is 8.09. The predicted octanol–water partition coefficient (Wildman–Crippen LogP) is 4.27. The molecule has 2 heterocycles. The normalized spacial score (nSPS) is 17.9. The van der Waals surface area contributed by atoms with Crippen molar-refractivity contribution in [2.24, 2.45) is 0 Å². The number of Topliss-reactive ketones (excluding diaryl/α,β-unsaturated/α-hetero) is 1. The molecule has 0 bridgehead atoms. The number of hydrogen-bond acceptors (Lipinski definition) is 7. The summed E-state index contributed by atoms with van der Waals surface area (Å²) in [7, 11) is 1.40. The van der Waals surface area contributed by atoms with Gasteiger partial charge in [0.25, 0.3) is 5.78 Å². The Morgan fingerprint density at radius 1 is 1.23 bits per heavy atom. The van der Waals surface area contributed by atoms with Crippen molar-refractivity contribution in [2.45, 2.75) is 13.0 Å². The number of benzene rings is 2. The van der Waals surface area contributed by atoms with Crippen LogP contribution in [0.25, 0.3) is 5.76 Å². The molecule has 1 atom stereocenters. The van der Waals surface area contributed by atoms with Crippen LogP contribution in [0.2, 0.25) is 5.02 Å². The highest BCUT2D eigenvalue weighted by molar-refractivity contribution is 7.15. The number of aryl methyl sites for hydroxylation is 1. The molecule has 1 amide bonds. The minimum absolute atomic E-state index is 0.128. The molecule has 3 aromatic rings. The molecule has 1 aromatic heterocycles. The first-order valence-corrected chi connectivity index (χ1v) is 10.2. The summed E-state index contributed by atoms with van der Waals surface area (Å²) in [4.78, 5) is 27.1. The third kappa shape index (κ3) is 3.66. The lowest BCUT2D eigenvalue weighted by Crippen LogP contribution is -2.29. The Labute approximate surface area is 185 Å². The molecule has 2 aromatic carbocycles. The first-order chi connectivity index (χ1) is 14.8. The van der Waals surface area contributed by atoms with E-state index in [4.69, 9.17) is 16.3 Å². The third-order valence-electron chi connectivity index (χ3n) is 4.75. The van der Waals surface area contributed by atoms with Crippen LogP contribution in [0.15, 0.2) is 48.0 Å². The van der Waals surface area contributed by atoms with Crippen LogP contribution in [0.5, 0.6) is 5.75 Å². The van der Waals surface area contributed by atoms with Crippen molar-refractivity contribution in [1.82, 2.24) is 10.2 Å². The summed E-state index contributed by atoms with van der Waals surface area (Å²) in [6, 6.07) is 8.83. The van der Waals surface area contributed by atoms with Crippen LogP contribution in [0.4, 0.5) is 9.52 Å². The number of ketones is 1. The fraction of sp³-hybridized carbons (Fsp3) is 0.143. The van der Waals surface area contributed by atoms with E-state index in [1.54, 1.807) is 19.1 Å². The first kappa shape index (κ1) is 21.0. The van der Waals surface area contributed by atoms with Crippen molar-refractivity contribution in [3.63, 3.8) is 0 Å². The second-order valence-electron chi connectivity index (χ2n) is 6.67. The molecule has 0 aliphatic carbocycles. The smallest absolute Gasteiger partial charge is 0.301 e. The van der Waals surface area contributed by atoms with Crippen LogP contribution in [0, 0.1) is 12.7 Å². The molecule has 7 nitrogen and oxygen atoms in total. The molecule has 1 aliphatic heterocycles. The molecule has 31 heavy (non-hydrogen) atoms. The lowest BCUT2D eigenvalue weighted by molar-refractivity contribution is -0.132. The lowest BCUT2D eigenvalue weighted by Gasteiger charge is -2.22. The molecule has 0 radical (unpaired) electrons. The number of aromatic nitrogens is 2. The molecule has 1 aliphatic rings. The number of carbonyl (C=O) groups is 2. The topological polar surface area (TPSA) is 92.6 Å². The summed E-state index contributed by atoms with van der Waals surface area (Å²) >= 11 is 7.17. The Bertz CT molecular complexity index is 1240. The monoisotopic (exact) mass is 459 g/mol. The highest BCUT2D eigenvalue weighted by Gasteiger charge is 2.48. The molecule has 1 N–H and O–H groups in total. The Hall–Kier alpha value is -3.30. The molecule has 1 saturated heterocycles. The van der Waals surface area contributed by atoms with Gasteiger partial charge in [-0.3, -0.25) is 14.5 Å². The van der Waals surface area contributed by atoms with E-state index in [1.165, 1.54) is 37.4 Å². The average Bonchev–Trinajstić information content (AvgIpc) is 3.28. The maximum atomic E-state index is 14.0. The van der Waals surface area contributed by atoms with Crippen LogP contribution in [-0.4, -0.2) is 34.1 Å². The SMILES string of the molecule is COc1ccc(Cl)cc1/C(O)=C1\C(=O)C(=O)N(c2nnc(C)s2)[C@@H]1c1cccc(F)c1. The van der Waals surface area contributed by atoms with Gasteiger partial charge in [0, 0.05) is 5.02 Å². The Morgan fingerprint density at radius 3 is 2.65 bits per heavy atom. The molecule has 0 spiro atoms. The van der Waals surface area contributed by atoms with Crippen molar-refractivity contribution in [1.29, 1.82) is 0 Å². The van der Waals surface area contributed by atoms with Crippen LogP contribution in [0.3, 0.4) is 0 Å². The molecule has 158 valence electrons. The summed E-state index contributed by atoms with van der Waals surface area (Å²) in [6.45, 7) is 1.70. The number of hydrogen-bond donors (Lipinski definition) is 1. The van der Waals surface area contributed by atoms with E-state index in [0.717, 1.165) is 16.2 Å². The zero-order valence-electron chi connectivity index (χ0n) is 16.3. The van der Waals surface area contributed by atoms with Gasteiger partial charge in [-0.05, 0) is 42.8 Å². The van der Waals surface area contributed by atoms with Crippen molar-refractivity contribution < 1.29 is 23.8 Å². The van der Waals surface area contributed by atoms with Crippen LogP contribution in [0.1, 0.15) is 22.2 Å². The summed E-state index contributed by atoms with van der Waals surface area (Å²) in [5.74, 6) is -2.65. The van der Waals surface area contributed by atoms with E-state index in [1.807, 2.05) is 0 Å². The van der Waals surface area contributed by atoms with Crippen LogP contribution < -0.4 is 9.64 Å². The minimum Gasteiger partial charge on any atom is -0.507 e. The molecular formula is C21H15ClFN3O4S. The molecule has 1 fully saturated rings. The standard InChI is InChI=1S/C21H15ClFN3O4S/c1-10-24-25-21(31-10)26-17(11-4-3-5-13(23)8-11)16(19(28)20(26)29)18(27)14-9-12(22)6-7-15(14)30-2/h3-9,17,27H,1-2H3/b18-16+/t17-/m1/s1. The van der Waals surface area contributed by atoms with E-state index < -0.39 is 29.3 Å². The van der Waals surface area contributed by atoms with Gasteiger partial charge in [0.15, 0.2) is 0 Å². The summed E-state index contributed by atoms with van der Waals surface area (Å²) in [5.41, 5.74) is 0.182. The van der Waals surface area contributed by atoms with Gasteiger partial charge in [-0.15, -0.1) is 10.2 Å². The number of ether oxygens (including phenoxy) is 1. The van der Waals surface area contributed by atoms with Gasteiger partial charge in [-0.25, -0.2) is 4.39 Å². The zero-order chi connectivity index (χ0) is 22.3. The molecular weight excluding hydrogens is 445 g/mol. The van der Waals surface area contributed by atoms with Crippen molar-refractivity contribution in [2.75, 3.05) is 12.0 Å². The van der Waals surface area contributed by atoms with Gasteiger partial charge in [-0.2, -0.15) is 0 Å². The van der Waals surface area contributed by atoms with Crippen molar-refractivity contribution in [3.05, 3.63) is 75.0 Å². The first-order valence-electron chi connectivity index (χ1n) is 9.02. The van der Waals surface area contributed by atoms with E-state index in [0.29, 0.717) is 10.0 Å². The van der Waals surface area contributed by atoms with E-state index in [2.05, 4.69) is 10.2 Å². The van der Waals surface area contributed by atoms with E-state index >= 15 is 0 Å².